The molecule has 0 unspecified atom stereocenters. The van der Waals surface area contributed by atoms with Crippen molar-refractivity contribution in [2.24, 2.45) is 0 Å². The molecule has 0 aliphatic carbocycles. The number of pyridine rings is 1. The Balaban J connectivity index is 2.05. The fourth-order valence-electron chi connectivity index (χ4n) is 1.82. The molecule has 1 amide bonds. The van der Waals surface area contributed by atoms with Crippen LogP contribution in [0.15, 0.2) is 47.5 Å². The molecule has 122 valence electrons. The van der Waals surface area contributed by atoms with Crippen molar-refractivity contribution in [3.63, 3.8) is 0 Å². The van der Waals surface area contributed by atoms with E-state index in [0.717, 1.165) is 16.1 Å². The van der Waals surface area contributed by atoms with Crippen LogP contribution in [0, 0.1) is 6.92 Å². The first kappa shape index (κ1) is 17.4. The molecule has 0 atom stereocenters. The topological polar surface area (TPSA) is 79.4 Å². The van der Waals surface area contributed by atoms with Gasteiger partial charge in [0.2, 0.25) is 15.9 Å². The van der Waals surface area contributed by atoms with Crippen LogP contribution < -0.4 is 5.32 Å². The average Bonchev–Trinajstić information content (AvgIpc) is 2.50. The molecule has 1 aromatic heterocycles. The lowest BCUT2D eigenvalue weighted by molar-refractivity contribution is -0.116. The van der Waals surface area contributed by atoms with E-state index in [4.69, 9.17) is 11.6 Å². The van der Waals surface area contributed by atoms with E-state index in [0.29, 0.717) is 5.69 Å². The predicted octanol–water partition coefficient (Wildman–Crippen LogP) is 2.30. The van der Waals surface area contributed by atoms with Crippen LogP contribution in [0.2, 0.25) is 5.15 Å². The molecular formula is C15H16ClN3O3S. The van der Waals surface area contributed by atoms with Crippen molar-refractivity contribution in [2.45, 2.75) is 11.8 Å². The van der Waals surface area contributed by atoms with E-state index in [1.165, 1.54) is 19.2 Å². The highest BCUT2D eigenvalue weighted by molar-refractivity contribution is 7.89. The number of benzene rings is 1. The highest BCUT2D eigenvalue weighted by Crippen LogP contribution is 2.15. The summed E-state index contributed by atoms with van der Waals surface area (Å²) in [7, 11) is -2.47. The van der Waals surface area contributed by atoms with Crippen molar-refractivity contribution < 1.29 is 13.2 Å². The Morgan fingerprint density at radius 2 is 1.87 bits per heavy atom. The summed E-state index contributed by atoms with van der Waals surface area (Å²) in [5, 5.41) is 2.85. The molecule has 0 aliphatic heterocycles. The summed E-state index contributed by atoms with van der Waals surface area (Å²) < 4.78 is 25.6. The van der Waals surface area contributed by atoms with Gasteiger partial charge in [-0.05, 0) is 31.2 Å². The molecule has 8 heteroatoms. The number of rotatable bonds is 5. The van der Waals surface area contributed by atoms with Crippen LogP contribution in [0.5, 0.6) is 0 Å². The monoisotopic (exact) mass is 353 g/mol. The molecule has 0 saturated carbocycles. The summed E-state index contributed by atoms with van der Waals surface area (Å²) >= 11 is 5.64. The van der Waals surface area contributed by atoms with Crippen LogP contribution in [-0.4, -0.2) is 37.2 Å². The van der Waals surface area contributed by atoms with Crippen LogP contribution in [0.3, 0.4) is 0 Å². The van der Waals surface area contributed by atoms with Crippen LogP contribution in [0.25, 0.3) is 0 Å². The van der Waals surface area contributed by atoms with Gasteiger partial charge in [0, 0.05) is 18.9 Å². The van der Waals surface area contributed by atoms with Crippen LogP contribution >= 0.6 is 11.6 Å². The number of hydrogen-bond acceptors (Lipinski definition) is 4. The lowest BCUT2D eigenvalue weighted by atomic mass is 10.2. The number of likely N-dealkylation sites (N-methyl/N-ethyl adjacent to an activating group) is 1. The zero-order valence-corrected chi connectivity index (χ0v) is 14.2. The smallest absolute Gasteiger partial charge is 0.244 e. The number of aryl methyl sites for hydroxylation is 1. The van der Waals surface area contributed by atoms with Gasteiger partial charge in [-0.1, -0.05) is 29.3 Å². The van der Waals surface area contributed by atoms with E-state index >= 15 is 0 Å². The third-order valence-corrected chi connectivity index (χ3v) is 5.12. The van der Waals surface area contributed by atoms with Crippen LogP contribution in [0.4, 0.5) is 5.69 Å². The number of amides is 1. The first-order chi connectivity index (χ1) is 10.8. The maximum atomic E-state index is 12.3. The van der Waals surface area contributed by atoms with E-state index in [1.807, 2.05) is 19.1 Å². The minimum atomic E-state index is -3.80. The van der Waals surface area contributed by atoms with E-state index in [-0.39, 0.29) is 16.6 Å². The van der Waals surface area contributed by atoms with Gasteiger partial charge in [0.15, 0.2) is 0 Å². The van der Waals surface area contributed by atoms with E-state index in [9.17, 15) is 13.2 Å². The third-order valence-electron chi connectivity index (χ3n) is 3.11. The maximum Gasteiger partial charge on any atom is 0.244 e. The van der Waals surface area contributed by atoms with Crippen LogP contribution in [-0.2, 0) is 14.8 Å². The summed E-state index contributed by atoms with van der Waals surface area (Å²) in [5.74, 6) is -0.429. The number of nitrogens with zero attached hydrogens (tertiary/aromatic N) is 2. The number of nitrogens with one attached hydrogen (secondary N) is 1. The van der Waals surface area contributed by atoms with Crippen molar-refractivity contribution >= 4 is 33.2 Å². The van der Waals surface area contributed by atoms with Crippen LogP contribution in [0.1, 0.15) is 5.56 Å². The highest BCUT2D eigenvalue weighted by atomic mass is 35.5. The molecule has 2 rings (SSSR count). The molecule has 1 aromatic carbocycles. The second kappa shape index (κ2) is 7.08. The third kappa shape index (κ3) is 4.51. The number of carbonyl (C=O) groups is 1. The molecule has 0 spiro atoms. The second-order valence-corrected chi connectivity index (χ2v) is 7.42. The van der Waals surface area contributed by atoms with E-state index < -0.39 is 15.9 Å². The predicted molar refractivity (Wildman–Crippen MR) is 88.9 cm³/mol. The molecule has 0 saturated heterocycles. The lowest BCUT2D eigenvalue weighted by Crippen LogP contribution is -2.35. The van der Waals surface area contributed by atoms with E-state index in [1.54, 1.807) is 12.1 Å². The number of hydrogen-bond donors (Lipinski definition) is 1. The minimum absolute atomic E-state index is 0.0208. The molecule has 0 bridgehead atoms. The Kier molecular flexibility index (Phi) is 5.35. The molecule has 1 N–H and O–H groups in total. The number of aromatic nitrogens is 1. The highest BCUT2D eigenvalue weighted by Gasteiger charge is 2.23. The van der Waals surface area contributed by atoms with Gasteiger partial charge < -0.3 is 5.32 Å². The number of anilines is 1. The average molecular weight is 354 g/mol. The first-order valence-electron chi connectivity index (χ1n) is 6.73. The fraction of sp³-hybridized carbons (Fsp3) is 0.200. The number of halogens is 1. The zero-order chi connectivity index (χ0) is 17.0. The lowest BCUT2D eigenvalue weighted by Gasteiger charge is -2.16. The van der Waals surface area contributed by atoms with Gasteiger partial charge in [-0.25, -0.2) is 13.4 Å². The van der Waals surface area contributed by atoms with Gasteiger partial charge in [-0.3, -0.25) is 4.79 Å². The van der Waals surface area contributed by atoms with Crippen molar-refractivity contribution in [1.29, 1.82) is 0 Å². The van der Waals surface area contributed by atoms with Gasteiger partial charge in [0.05, 0.1) is 6.54 Å². The Morgan fingerprint density at radius 1 is 1.22 bits per heavy atom. The standard InChI is InChI=1S/C15H16ClN3O3S/c1-11-3-5-12(6-4-11)18-15(20)10-19(2)23(21,22)13-7-8-14(16)17-9-13/h3-9H,10H2,1-2H3,(H,18,20). The van der Waals surface area contributed by atoms with Crippen molar-refractivity contribution in [3.8, 4) is 0 Å². The second-order valence-electron chi connectivity index (χ2n) is 4.99. The van der Waals surface area contributed by atoms with Crippen molar-refractivity contribution in [2.75, 3.05) is 18.9 Å². The Bertz CT molecular complexity index is 790. The van der Waals surface area contributed by atoms with Gasteiger partial charge in [-0.2, -0.15) is 4.31 Å². The molecular weight excluding hydrogens is 338 g/mol. The molecule has 6 nitrogen and oxygen atoms in total. The molecule has 2 aromatic rings. The Morgan fingerprint density at radius 3 is 2.43 bits per heavy atom. The quantitative estimate of drug-likeness (QED) is 0.836. The van der Waals surface area contributed by atoms with Gasteiger partial charge in [0.25, 0.3) is 0 Å². The summed E-state index contributed by atoms with van der Waals surface area (Å²) in [6.07, 6.45) is 1.16. The SMILES string of the molecule is Cc1ccc(NC(=O)CN(C)S(=O)(=O)c2ccc(Cl)nc2)cc1. The minimum Gasteiger partial charge on any atom is -0.325 e. The van der Waals surface area contributed by atoms with E-state index in [2.05, 4.69) is 10.3 Å². The molecule has 23 heavy (non-hydrogen) atoms. The molecule has 0 fully saturated rings. The number of carbonyl (C=O) groups excluding carboxylic acids is 1. The Labute approximate surface area is 140 Å². The van der Waals surface area contributed by atoms with Crippen molar-refractivity contribution in [1.82, 2.24) is 9.29 Å². The van der Waals surface area contributed by atoms with Gasteiger partial charge in [0.1, 0.15) is 10.0 Å². The largest absolute Gasteiger partial charge is 0.325 e. The molecule has 1 heterocycles. The zero-order valence-electron chi connectivity index (χ0n) is 12.7. The summed E-state index contributed by atoms with van der Waals surface area (Å²) in [4.78, 5) is 15.7. The van der Waals surface area contributed by atoms with Gasteiger partial charge in [-0.15, -0.1) is 0 Å². The summed E-state index contributed by atoms with van der Waals surface area (Å²) in [6, 6.07) is 9.95. The molecule has 0 radical (unpaired) electrons. The molecule has 0 aliphatic rings. The maximum absolute atomic E-state index is 12.3. The van der Waals surface area contributed by atoms with Crippen molar-refractivity contribution in [3.05, 3.63) is 53.3 Å². The Hall–Kier alpha value is -1.96. The van der Waals surface area contributed by atoms with Gasteiger partial charge >= 0.3 is 0 Å². The fourth-order valence-corrected chi connectivity index (χ4v) is 3.00. The summed E-state index contributed by atoms with van der Waals surface area (Å²) in [5.41, 5.74) is 1.68. The number of sulfonamides is 1. The summed E-state index contributed by atoms with van der Waals surface area (Å²) in [6.45, 7) is 1.63. The first-order valence-corrected chi connectivity index (χ1v) is 8.55. The normalized spacial score (nSPS) is 11.5.